The normalized spacial score (nSPS) is 15.6. The van der Waals surface area contributed by atoms with Crippen LogP contribution in [-0.4, -0.2) is 5.38 Å². The minimum Gasteiger partial charge on any atom is -0.123 e. The summed E-state index contributed by atoms with van der Waals surface area (Å²) >= 11 is 6.20. The Hall–Kier alpha value is -0.490. The molecule has 0 aliphatic heterocycles. The van der Waals surface area contributed by atoms with Gasteiger partial charge in [0.25, 0.3) is 0 Å². The van der Waals surface area contributed by atoms with E-state index in [9.17, 15) is 0 Å². The average Bonchev–Trinajstić information content (AvgIpc) is 2.25. The molecule has 17 heavy (non-hydrogen) atoms. The van der Waals surface area contributed by atoms with E-state index >= 15 is 0 Å². The van der Waals surface area contributed by atoms with Crippen LogP contribution in [0.5, 0.6) is 0 Å². The molecule has 0 fully saturated rings. The smallest absolute Gasteiger partial charge is 0.0339 e. The van der Waals surface area contributed by atoms with Crippen molar-refractivity contribution >= 4 is 11.6 Å². The first kappa shape index (κ1) is 14.6. The lowest BCUT2D eigenvalue weighted by Gasteiger charge is -2.21. The summed E-state index contributed by atoms with van der Waals surface area (Å²) in [5.74, 6) is 0.581. The van der Waals surface area contributed by atoms with Gasteiger partial charge in [0.2, 0.25) is 0 Å². The van der Waals surface area contributed by atoms with Crippen LogP contribution in [-0.2, 0) is 11.8 Å². The molecule has 0 nitrogen and oxygen atoms in total. The zero-order chi connectivity index (χ0) is 13.1. The Morgan fingerprint density at radius 3 is 2.00 bits per heavy atom. The molecule has 0 saturated carbocycles. The van der Waals surface area contributed by atoms with E-state index in [-0.39, 0.29) is 10.8 Å². The highest BCUT2D eigenvalue weighted by molar-refractivity contribution is 6.20. The number of halogens is 1. The molecule has 1 heteroatoms. The largest absolute Gasteiger partial charge is 0.123 e. The molecule has 0 aliphatic carbocycles. The first-order valence-electron chi connectivity index (χ1n) is 6.58. The number of benzene rings is 1. The maximum absolute atomic E-state index is 6.20. The zero-order valence-electron chi connectivity index (χ0n) is 11.8. The molecule has 0 saturated heterocycles. The first-order chi connectivity index (χ1) is 7.84. The van der Waals surface area contributed by atoms with Crippen LogP contribution in [0.25, 0.3) is 0 Å². The fourth-order valence-electron chi connectivity index (χ4n) is 2.08. The molecule has 0 heterocycles. The highest BCUT2D eigenvalue weighted by Crippen LogP contribution is 2.24. The fraction of sp³-hybridized carbons (Fsp3) is 0.625. The lowest BCUT2D eigenvalue weighted by atomic mass is 9.85. The van der Waals surface area contributed by atoms with E-state index in [0.29, 0.717) is 5.92 Å². The molecule has 2 atom stereocenters. The van der Waals surface area contributed by atoms with Gasteiger partial charge in [-0.25, -0.2) is 0 Å². The van der Waals surface area contributed by atoms with Crippen molar-refractivity contribution in [3.8, 4) is 0 Å². The summed E-state index contributed by atoms with van der Waals surface area (Å²) in [4.78, 5) is 0. The van der Waals surface area contributed by atoms with Crippen molar-refractivity contribution in [3.05, 3.63) is 35.4 Å². The minimum atomic E-state index is 0.239. The van der Waals surface area contributed by atoms with Crippen LogP contribution in [0.4, 0.5) is 0 Å². The van der Waals surface area contributed by atoms with Gasteiger partial charge in [-0.2, -0.15) is 0 Å². The number of hydrogen-bond donors (Lipinski definition) is 0. The average molecular weight is 253 g/mol. The van der Waals surface area contributed by atoms with E-state index in [1.165, 1.54) is 11.1 Å². The Balaban J connectivity index is 2.75. The number of alkyl halides is 1. The lowest BCUT2D eigenvalue weighted by molar-refractivity contribution is 0.497. The molecular weight excluding hydrogens is 228 g/mol. The van der Waals surface area contributed by atoms with Crippen LogP contribution in [0.2, 0.25) is 0 Å². The molecule has 2 unspecified atom stereocenters. The van der Waals surface area contributed by atoms with Gasteiger partial charge in [-0.05, 0) is 35.8 Å². The molecule has 0 amide bonds. The summed E-state index contributed by atoms with van der Waals surface area (Å²) in [6.45, 7) is 11.1. The van der Waals surface area contributed by atoms with Crippen LogP contribution in [0, 0.1) is 5.92 Å². The van der Waals surface area contributed by atoms with Crippen LogP contribution >= 0.6 is 11.6 Å². The van der Waals surface area contributed by atoms with Gasteiger partial charge in [-0.1, -0.05) is 58.4 Å². The Bertz CT molecular complexity index is 330. The Labute approximate surface area is 111 Å². The molecule has 0 spiro atoms. The van der Waals surface area contributed by atoms with Gasteiger partial charge in [0.05, 0.1) is 0 Å². The summed E-state index contributed by atoms with van der Waals surface area (Å²) < 4.78 is 0. The van der Waals surface area contributed by atoms with E-state index in [4.69, 9.17) is 11.6 Å². The second-order valence-electron chi connectivity index (χ2n) is 6.00. The van der Waals surface area contributed by atoms with E-state index in [1.807, 2.05) is 0 Å². The van der Waals surface area contributed by atoms with Gasteiger partial charge in [0.15, 0.2) is 0 Å². The molecule has 0 N–H and O–H groups in total. The van der Waals surface area contributed by atoms with Crippen LogP contribution in [0.15, 0.2) is 24.3 Å². The summed E-state index contributed by atoms with van der Waals surface area (Å²) in [6, 6.07) is 9.01. The van der Waals surface area contributed by atoms with Gasteiger partial charge < -0.3 is 0 Å². The van der Waals surface area contributed by atoms with E-state index in [2.05, 4.69) is 58.9 Å². The van der Waals surface area contributed by atoms with Gasteiger partial charge in [-0.3, -0.25) is 0 Å². The highest BCUT2D eigenvalue weighted by Gasteiger charge is 2.15. The number of rotatable bonds is 4. The van der Waals surface area contributed by atoms with Crippen molar-refractivity contribution in [2.75, 3.05) is 0 Å². The summed E-state index contributed by atoms with van der Waals surface area (Å²) in [7, 11) is 0. The van der Waals surface area contributed by atoms with Gasteiger partial charge in [-0.15, -0.1) is 11.6 Å². The molecule has 1 aromatic rings. The monoisotopic (exact) mass is 252 g/mol. The van der Waals surface area contributed by atoms with Crippen LogP contribution < -0.4 is 0 Å². The Morgan fingerprint density at radius 2 is 1.65 bits per heavy atom. The van der Waals surface area contributed by atoms with Crippen molar-refractivity contribution in [1.29, 1.82) is 0 Å². The topological polar surface area (TPSA) is 0 Å². The molecule has 96 valence electrons. The highest BCUT2D eigenvalue weighted by atomic mass is 35.5. The molecular formula is C16H25Cl. The standard InChI is InChI=1S/C16H25Cl/c1-6-14(12(2)17)11-13-7-9-15(10-8-13)16(3,4)5/h7-10,12,14H,6,11H2,1-5H3. The number of hydrogen-bond acceptors (Lipinski definition) is 0. The quantitative estimate of drug-likeness (QED) is 0.648. The van der Waals surface area contributed by atoms with Crippen molar-refractivity contribution in [1.82, 2.24) is 0 Å². The molecule has 1 aromatic carbocycles. The Kier molecular flexibility index (Phi) is 5.06. The van der Waals surface area contributed by atoms with Crippen molar-refractivity contribution in [3.63, 3.8) is 0 Å². The third kappa shape index (κ3) is 4.35. The van der Waals surface area contributed by atoms with Crippen LogP contribution in [0.3, 0.4) is 0 Å². The summed E-state index contributed by atoms with van der Waals surface area (Å²) in [5.41, 5.74) is 3.04. The van der Waals surface area contributed by atoms with Gasteiger partial charge >= 0.3 is 0 Å². The first-order valence-corrected chi connectivity index (χ1v) is 7.01. The second-order valence-corrected chi connectivity index (χ2v) is 6.69. The van der Waals surface area contributed by atoms with Crippen molar-refractivity contribution in [2.45, 2.75) is 58.3 Å². The SMILES string of the molecule is CCC(Cc1ccc(C(C)(C)C)cc1)C(C)Cl. The summed E-state index contributed by atoms with van der Waals surface area (Å²) in [5, 5.41) is 0.252. The van der Waals surface area contributed by atoms with E-state index < -0.39 is 0 Å². The van der Waals surface area contributed by atoms with E-state index in [1.54, 1.807) is 0 Å². The predicted molar refractivity (Wildman–Crippen MR) is 77.9 cm³/mol. The molecule has 0 bridgehead atoms. The van der Waals surface area contributed by atoms with Gasteiger partial charge in [0.1, 0.15) is 0 Å². The molecule has 1 rings (SSSR count). The summed E-state index contributed by atoms with van der Waals surface area (Å²) in [6.07, 6.45) is 2.23. The fourth-order valence-corrected chi connectivity index (χ4v) is 2.34. The van der Waals surface area contributed by atoms with Gasteiger partial charge in [0, 0.05) is 5.38 Å². The predicted octanol–water partition coefficient (Wildman–Crippen LogP) is 5.18. The van der Waals surface area contributed by atoms with Crippen molar-refractivity contribution < 1.29 is 0 Å². The third-order valence-corrected chi connectivity index (χ3v) is 3.85. The maximum atomic E-state index is 6.20. The minimum absolute atomic E-state index is 0.239. The Morgan fingerprint density at radius 1 is 1.12 bits per heavy atom. The van der Waals surface area contributed by atoms with Crippen molar-refractivity contribution in [2.24, 2.45) is 5.92 Å². The molecule has 0 aliphatic rings. The zero-order valence-corrected chi connectivity index (χ0v) is 12.5. The molecule has 0 radical (unpaired) electrons. The van der Waals surface area contributed by atoms with Crippen LogP contribution in [0.1, 0.15) is 52.2 Å². The molecule has 0 aromatic heterocycles. The second kappa shape index (κ2) is 5.91. The van der Waals surface area contributed by atoms with E-state index in [0.717, 1.165) is 12.8 Å². The lowest BCUT2D eigenvalue weighted by Crippen LogP contribution is -2.14. The maximum Gasteiger partial charge on any atom is 0.0339 e. The third-order valence-electron chi connectivity index (χ3n) is 3.49.